The third-order valence-electron chi connectivity index (χ3n) is 7.94. The van der Waals surface area contributed by atoms with Crippen LogP contribution in [-0.4, -0.2) is 61.5 Å². The van der Waals surface area contributed by atoms with Gasteiger partial charge in [-0.25, -0.2) is 9.59 Å². The summed E-state index contributed by atoms with van der Waals surface area (Å²) in [5.41, 5.74) is 2.52. The predicted octanol–water partition coefficient (Wildman–Crippen LogP) is 6.65. The van der Waals surface area contributed by atoms with E-state index in [9.17, 15) is 19.5 Å². The number of ether oxygens (including phenoxy) is 3. The van der Waals surface area contributed by atoms with Crippen LogP contribution in [0.5, 0.6) is 0 Å². The molecule has 0 spiro atoms. The maximum atomic E-state index is 13.1. The summed E-state index contributed by atoms with van der Waals surface area (Å²) in [5.74, 6) is -2.62. The van der Waals surface area contributed by atoms with Gasteiger partial charge in [-0.2, -0.15) is 0 Å². The number of carbonyl (C=O) groups excluding carboxylic acids is 2. The zero-order valence-electron chi connectivity index (χ0n) is 26.6. The number of amides is 1. The second-order valence-corrected chi connectivity index (χ2v) is 11.4. The molecule has 0 aliphatic heterocycles. The molecule has 0 heterocycles. The Morgan fingerprint density at radius 2 is 1.24 bits per heavy atom. The molecule has 1 amide bonds. The van der Waals surface area contributed by atoms with Crippen molar-refractivity contribution in [1.82, 2.24) is 5.32 Å². The number of unbranched alkanes of at least 4 members (excludes halogenated alkanes) is 4. The van der Waals surface area contributed by atoms with Crippen molar-refractivity contribution in [3.63, 3.8) is 0 Å². The largest absolute Gasteiger partial charge is 0.479 e. The lowest BCUT2D eigenvalue weighted by Crippen LogP contribution is -2.49. The SMILES string of the molecule is CCOC(=O)CO[C@@H](C(=O)NCCCCCc1ccc2ccccc2c1)[C@@H](OCCCCCc1ccc2ccccc2c1)C(=O)O. The molecular formula is C38H45NO7. The van der Waals surface area contributed by atoms with Gasteiger partial charge in [0.15, 0.2) is 12.2 Å². The van der Waals surface area contributed by atoms with E-state index in [2.05, 4.69) is 66.0 Å². The highest BCUT2D eigenvalue weighted by Crippen LogP contribution is 2.19. The van der Waals surface area contributed by atoms with Crippen molar-refractivity contribution >= 4 is 39.4 Å². The van der Waals surface area contributed by atoms with Crippen molar-refractivity contribution in [3.8, 4) is 0 Å². The van der Waals surface area contributed by atoms with Gasteiger partial charge in [-0.05, 0) is 78.1 Å². The topological polar surface area (TPSA) is 111 Å². The molecule has 244 valence electrons. The highest BCUT2D eigenvalue weighted by molar-refractivity contribution is 5.88. The second kappa shape index (κ2) is 18.6. The molecule has 0 fully saturated rings. The van der Waals surface area contributed by atoms with E-state index in [4.69, 9.17) is 14.2 Å². The van der Waals surface area contributed by atoms with Crippen LogP contribution >= 0.6 is 0 Å². The Balaban J connectivity index is 1.21. The average molecular weight is 628 g/mol. The molecule has 46 heavy (non-hydrogen) atoms. The number of hydrogen-bond donors (Lipinski definition) is 2. The van der Waals surface area contributed by atoms with Gasteiger partial charge in [0.25, 0.3) is 5.91 Å². The lowest BCUT2D eigenvalue weighted by molar-refractivity contribution is -0.173. The van der Waals surface area contributed by atoms with Crippen LogP contribution in [0.15, 0.2) is 84.9 Å². The number of rotatable bonds is 20. The first kappa shape index (κ1) is 34.6. The summed E-state index contributed by atoms with van der Waals surface area (Å²) in [7, 11) is 0. The third kappa shape index (κ3) is 11.0. The number of benzene rings is 4. The molecule has 2 N–H and O–H groups in total. The van der Waals surface area contributed by atoms with E-state index < -0.39 is 36.7 Å². The van der Waals surface area contributed by atoms with Crippen molar-refractivity contribution in [2.24, 2.45) is 0 Å². The highest BCUT2D eigenvalue weighted by Gasteiger charge is 2.36. The van der Waals surface area contributed by atoms with Gasteiger partial charge in [-0.15, -0.1) is 0 Å². The van der Waals surface area contributed by atoms with Gasteiger partial charge in [0, 0.05) is 13.2 Å². The second-order valence-electron chi connectivity index (χ2n) is 11.4. The molecule has 4 aromatic rings. The molecule has 0 saturated carbocycles. The summed E-state index contributed by atoms with van der Waals surface area (Å²) in [6, 6.07) is 29.5. The van der Waals surface area contributed by atoms with Crippen molar-refractivity contribution in [2.75, 3.05) is 26.4 Å². The van der Waals surface area contributed by atoms with Gasteiger partial charge < -0.3 is 24.6 Å². The first-order chi connectivity index (χ1) is 22.4. The van der Waals surface area contributed by atoms with Crippen molar-refractivity contribution < 1.29 is 33.7 Å². The zero-order valence-corrected chi connectivity index (χ0v) is 26.6. The summed E-state index contributed by atoms with van der Waals surface area (Å²) >= 11 is 0. The van der Waals surface area contributed by atoms with Crippen LogP contribution in [0.3, 0.4) is 0 Å². The minimum absolute atomic E-state index is 0.149. The Bertz CT molecular complexity index is 1570. The maximum absolute atomic E-state index is 13.1. The number of carbonyl (C=O) groups is 3. The lowest BCUT2D eigenvalue weighted by Gasteiger charge is -2.23. The van der Waals surface area contributed by atoms with Gasteiger partial charge in [0.1, 0.15) is 6.61 Å². The monoisotopic (exact) mass is 627 g/mol. The number of hydrogen-bond acceptors (Lipinski definition) is 6. The molecule has 0 radical (unpaired) electrons. The van der Waals surface area contributed by atoms with E-state index in [-0.39, 0.29) is 13.2 Å². The molecule has 0 saturated heterocycles. The van der Waals surface area contributed by atoms with Gasteiger partial charge >= 0.3 is 11.9 Å². The molecule has 4 rings (SSSR count). The Hall–Kier alpha value is -4.27. The fourth-order valence-corrected chi connectivity index (χ4v) is 5.50. The molecule has 0 bridgehead atoms. The Morgan fingerprint density at radius 1 is 0.674 bits per heavy atom. The van der Waals surface area contributed by atoms with Crippen LogP contribution in [0.4, 0.5) is 0 Å². The smallest absolute Gasteiger partial charge is 0.336 e. The Kier molecular flexibility index (Phi) is 14.0. The number of aryl methyl sites for hydroxylation is 2. The number of fused-ring (bicyclic) bond motifs is 2. The molecule has 0 aliphatic carbocycles. The molecular weight excluding hydrogens is 582 g/mol. The van der Waals surface area contributed by atoms with Gasteiger partial charge in [0.2, 0.25) is 0 Å². The van der Waals surface area contributed by atoms with E-state index in [1.807, 2.05) is 24.3 Å². The Morgan fingerprint density at radius 3 is 1.80 bits per heavy atom. The highest BCUT2D eigenvalue weighted by atomic mass is 16.6. The van der Waals surface area contributed by atoms with Crippen molar-refractivity contribution in [2.45, 2.75) is 70.5 Å². The fourth-order valence-electron chi connectivity index (χ4n) is 5.50. The quantitative estimate of drug-likeness (QED) is 0.0834. The number of aliphatic carboxylic acids is 1. The van der Waals surface area contributed by atoms with E-state index in [0.29, 0.717) is 13.0 Å². The van der Waals surface area contributed by atoms with E-state index in [1.54, 1.807) is 6.92 Å². The van der Waals surface area contributed by atoms with Gasteiger partial charge in [0.05, 0.1) is 6.61 Å². The van der Waals surface area contributed by atoms with Crippen molar-refractivity contribution in [3.05, 3.63) is 96.1 Å². The molecule has 8 nitrogen and oxygen atoms in total. The average Bonchev–Trinajstić information content (AvgIpc) is 3.06. The summed E-state index contributed by atoms with van der Waals surface area (Å²) in [6.45, 7) is 1.77. The van der Waals surface area contributed by atoms with Gasteiger partial charge in [-0.1, -0.05) is 97.8 Å². The summed E-state index contributed by atoms with van der Waals surface area (Å²) < 4.78 is 16.1. The fraction of sp³-hybridized carbons (Fsp3) is 0.395. The molecule has 0 unspecified atom stereocenters. The summed E-state index contributed by atoms with van der Waals surface area (Å²) in [4.78, 5) is 37.2. The van der Waals surface area contributed by atoms with Gasteiger partial charge in [-0.3, -0.25) is 4.79 Å². The maximum Gasteiger partial charge on any atom is 0.336 e. The molecule has 2 atom stereocenters. The summed E-state index contributed by atoms with van der Waals surface area (Å²) in [6.07, 6.45) is 3.74. The van der Waals surface area contributed by atoms with Crippen LogP contribution in [0.25, 0.3) is 21.5 Å². The minimum atomic E-state index is -1.55. The van der Waals surface area contributed by atoms with Crippen LogP contribution in [0, 0.1) is 0 Å². The molecule has 4 aromatic carbocycles. The number of carboxylic acid groups (broad SMARTS) is 1. The normalized spacial score (nSPS) is 12.5. The number of esters is 1. The number of carboxylic acids is 1. The minimum Gasteiger partial charge on any atom is -0.479 e. The van der Waals surface area contributed by atoms with E-state index >= 15 is 0 Å². The van der Waals surface area contributed by atoms with E-state index in [1.165, 1.54) is 32.7 Å². The van der Waals surface area contributed by atoms with Crippen LogP contribution in [-0.2, 0) is 41.4 Å². The van der Waals surface area contributed by atoms with Crippen molar-refractivity contribution in [1.29, 1.82) is 0 Å². The predicted molar refractivity (Wildman–Crippen MR) is 180 cm³/mol. The van der Waals surface area contributed by atoms with Crippen LogP contribution in [0.1, 0.15) is 56.6 Å². The summed E-state index contributed by atoms with van der Waals surface area (Å²) in [5, 5.41) is 17.5. The number of nitrogens with one attached hydrogen (secondary N) is 1. The molecule has 0 aromatic heterocycles. The molecule has 0 aliphatic rings. The zero-order chi connectivity index (χ0) is 32.6. The lowest BCUT2D eigenvalue weighted by atomic mass is 10.0. The third-order valence-corrected chi connectivity index (χ3v) is 7.94. The molecule has 8 heteroatoms. The van der Waals surface area contributed by atoms with Crippen LogP contribution < -0.4 is 5.32 Å². The Labute approximate surface area is 271 Å². The standard InChI is InChI=1S/C38H45NO7/c1-2-44-34(40)27-46-35(37(41)39-23-11-3-5-13-28-19-21-30-15-7-9-17-32(30)25-28)36(38(42)43)45-24-12-4-6-14-29-20-22-31-16-8-10-18-33(31)26-29/h7-10,15-22,25-26,35-36H,2-6,11-14,23-24,27H2,1H3,(H,39,41)(H,42,43)/t35-,36-/m1/s1. The first-order valence-electron chi connectivity index (χ1n) is 16.3. The first-order valence-corrected chi connectivity index (χ1v) is 16.3. The van der Waals surface area contributed by atoms with Crippen LogP contribution in [0.2, 0.25) is 0 Å². The van der Waals surface area contributed by atoms with E-state index in [0.717, 1.165) is 44.9 Å².